The lowest BCUT2D eigenvalue weighted by Crippen LogP contribution is -2.38. The van der Waals surface area contributed by atoms with Crippen LogP contribution in [0.1, 0.15) is 39.5 Å². The lowest BCUT2D eigenvalue weighted by Gasteiger charge is -2.15. The highest BCUT2D eigenvalue weighted by Crippen LogP contribution is 2.32. The van der Waals surface area contributed by atoms with Crippen molar-refractivity contribution in [2.75, 3.05) is 24.7 Å². The van der Waals surface area contributed by atoms with Crippen LogP contribution in [0.4, 0.5) is 16.2 Å². The van der Waals surface area contributed by atoms with E-state index in [1.807, 2.05) is 48.7 Å². The maximum atomic E-state index is 12.7. The zero-order valence-corrected chi connectivity index (χ0v) is 20.1. The Balaban J connectivity index is 1.16. The molecule has 0 bridgehead atoms. The molecule has 1 unspecified atom stereocenters. The number of nitrogens with two attached hydrogens (primary N) is 1. The average molecular weight is 484 g/mol. The zero-order chi connectivity index (χ0) is 25.1. The predicted octanol–water partition coefficient (Wildman–Crippen LogP) is 4.54. The Kier molecular flexibility index (Phi) is 6.49. The van der Waals surface area contributed by atoms with E-state index in [-0.39, 0.29) is 18.0 Å². The molecule has 8 heteroatoms. The van der Waals surface area contributed by atoms with Crippen molar-refractivity contribution >= 4 is 34.2 Å². The molecule has 6 N–H and O–H groups in total. The SMILES string of the molecule is COc1ccc2[nH]cc(CCNC(=O)NC3CCc4cc(C(=O)Nc5ccccc5N)ccc43)c2c1. The predicted molar refractivity (Wildman–Crippen MR) is 141 cm³/mol. The molecule has 1 atom stereocenters. The third-order valence-corrected chi connectivity index (χ3v) is 6.65. The average Bonchev–Trinajstić information content (AvgIpc) is 3.48. The Bertz CT molecular complexity index is 1430. The number of urea groups is 1. The van der Waals surface area contributed by atoms with Crippen LogP contribution in [0.3, 0.4) is 0 Å². The third kappa shape index (κ3) is 4.84. The number of aryl methyl sites for hydroxylation is 1. The molecule has 184 valence electrons. The number of ether oxygens (including phenoxy) is 1. The Morgan fingerprint density at radius 2 is 1.97 bits per heavy atom. The van der Waals surface area contributed by atoms with Crippen LogP contribution in [0, 0.1) is 0 Å². The van der Waals surface area contributed by atoms with Crippen LogP contribution in [-0.2, 0) is 12.8 Å². The quantitative estimate of drug-likeness (QED) is 0.248. The molecule has 0 fully saturated rings. The molecule has 1 aliphatic carbocycles. The van der Waals surface area contributed by atoms with E-state index in [1.54, 1.807) is 25.3 Å². The molecule has 0 saturated carbocycles. The number of anilines is 2. The summed E-state index contributed by atoms with van der Waals surface area (Å²) >= 11 is 0. The maximum absolute atomic E-state index is 12.7. The number of aromatic nitrogens is 1. The van der Waals surface area contributed by atoms with E-state index in [9.17, 15) is 9.59 Å². The molecule has 0 saturated heterocycles. The summed E-state index contributed by atoms with van der Waals surface area (Å²) in [4.78, 5) is 28.5. The van der Waals surface area contributed by atoms with Crippen LogP contribution in [0.15, 0.2) is 66.9 Å². The first-order chi connectivity index (χ1) is 17.5. The molecule has 3 aromatic carbocycles. The van der Waals surface area contributed by atoms with Crippen LogP contribution in [0.2, 0.25) is 0 Å². The van der Waals surface area contributed by atoms with Crippen molar-refractivity contribution < 1.29 is 14.3 Å². The summed E-state index contributed by atoms with van der Waals surface area (Å²) in [5, 5.41) is 9.99. The summed E-state index contributed by atoms with van der Waals surface area (Å²) in [6, 6.07) is 18.4. The van der Waals surface area contributed by atoms with Gasteiger partial charge in [0.05, 0.1) is 24.5 Å². The number of rotatable bonds is 7. The van der Waals surface area contributed by atoms with Gasteiger partial charge in [-0.2, -0.15) is 0 Å². The van der Waals surface area contributed by atoms with E-state index in [2.05, 4.69) is 20.9 Å². The number of hydrogen-bond donors (Lipinski definition) is 5. The second-order valence-electron chi connectivity index (χ2n) is 8.92. The van der Waals surface area contributed by atoms with Gasteiger partial charge in [-0.1, -0.05) is 18.2 Å². The normalized spacial score (nSPS) is 14.3. The standard InChI is InChI=1S/C28H29N5O3/c1-36-20-8-11-24-22(15-20)19(16-31-24)12-13-30-28(35)33-25-10-7-17-14-18(6-9-21(17)25)27(34)32-26-5-3-2-4-23(26)29/h2-6,8-9,11,14-16,25,31H,7,10,12-13,29H2,1H3,(H,32,34)(H2,30,33,35). The van der Waals surface area contributed by atoms with Gasteiger partial charge in [-0.25, -0.2) is 4.79 Å². The number of H-pyrrole nitrogens is 1. The summed E-state index contributed by atoms with van der Waals surface area (Å²) in [7, 11) is 1.65. The summed E-state index contributed by atoms with van der Waals surface area (Å²) in [5.41, 5.74) is 11.9. The van der Waals surface area contributed by atoms with Crippen molar-refractivity contribution in [2.45, 2.75) is 25.3 Å². The number of methoxy groups -OCH3 is 1. The number of para-hydroxylation sites is 2. The number of carbonyl (C=O) groups excluding carboxylic acids is 2. The Morgan fingerprint density at radius 1 is 1.11 bits per heavy atom. The van der Waals surface area contributed by atoms with Crippen molar-refractivity contribution in [3.05, 3.63) is 89.1 Å². The number of hydrogen-bond acceptors (Lipinski definition) is 4. The number of benzene rings is 3. The molecule has 0 spiro atoms. The summed E-state index contributed by atoms with van der Waals surface area (Å²) in [5.74, 6) is 0.596. The topological polar surface area (TPSA) is 121 Å². The first-order valence-corrected chi connectivity index (χ1v) is 12.0. The maximum Gasteiger partial charge on any atom is 0.315 e. The molecule has 0 aliphatic heterocycles. The fourth-order valence-electron chi connectivity index (χ4n) is 4.73. The van der Waals surface area contributed by atoms with Crippen LogP contribution < -0.4 is 26.4 Å². The molecule has 3 amide bonds. The van der Waals surface area contributed by atoms with E-state index in [1.165, 1.54) is 0 Å². The number of amides is 3. The lowest BCUT2D eigenvalue weighted by molar-refractivity contribution is 0.102. The van der Waals surface area contributed by atoms with Crippen LogP contribution in [0.25, 0.3) is 10.9 Å². The molecular weight excluding hydrogens is 454 g/mol. The van der Waals surface area contributed by atoms with Crippen LogP contribution >= 0.6 is 0 Å². The van der Waals surface area contributed by atoms with Gasteiger partial charge in [0, 0.05) is 29.2 Å². The molecule has 1 aromatic heterocycles. The molecular formula is C28H29N5O3. The fraction of sp³-hybridized carbons (Fsp3) is 0.214. The lowest BCUT2D eigenvalue weighted by atomic mass is 10.0. The second kappa shape index (κ2) is 10.0. The van der Waals surface area contributed by atoms with Gasteiger partial charge < -0.3 is 31.4 Å². The van der Waals surface area contributed by atoms with E-state index >= 15 is 0 Å². The molecule has 4 aromatic rings. The van der Waals surface area contributed by atoms with E-state index in [0.29, 0.717) is 29.9 Å². The highest BCUT2D eigenvalue weighted by molar-refractivity contribution is 6.05. The minimum atomic E-state index is -0.209. The van der Waals surface area contributed by atoms with Crippen molar-refractivity contribution in [3.8, 4) is 5.75 Å². The number of nitrogens with one attached hydrogen (secondary N) is 4. The number of carbonyl (C=O) groups is 2. The molecule has 36 heavy (non-hydrogen) atoms. The monoisotopic (exact) mass is 483 g/mol. The van der Waals surface area contributed by atoms with Gasteiger partial charge in [0.2, 0.25) is 0 Å². The molecule has 1 aliphatic rings. The second-order valence-corrected chi connectivity index (χ2v) is 8.92. The van der Waals surface area contributed by atoms with Crippen molar-refractivity contribution in [1.29, 1.82) is 0 Å². The smallest absolute Gasteiger partial charge is 0.315 e. The van der Waals surface area contributed by atoms with Gasteiger partial charge in [0.15, 0.2) is 0 Å². The summed E-state index contributed by atoms with van der Waals surface area (Å²) in [6.07, 6.45) is 4.26. The molecule has 0 radical (unpaired) electrons. The van der Waals surface area contributed by atoms with Gasteiger partial charge in [-0.05, 0) is 78.4 Å². The minimum absolute atomic E-state index is 0.0840. The van der Waals surface area contributed by atoms with Gasteiger partial charge in [0.1, 0.15) is 5.75 Å². The molecule has 5 rings (SSSR count). The minimum Gasteiger partial charge on any atom is -0.497 e. The van der Waals surface area contributed by atoms with Gasteiger partial charge in [0.25, 0.3) is 5.91 Å². The van der Waals surface area contributed by atoms with Gasteiger partial charge in [-0.3, -0.25) is 4.79 Å². The van der Waals surface area contributed by atoms with Crippen molar-refractivity contribution in [1.82, 2.24) is 15.6 Å². The number of aromatic amines is 1. The van der Waals surface area contributed by atoms with E-state index in [0.717, 1.165) is 46.2 Å². The Labute approximate surface area is 209 Å². The molecule has 1 heterocycles. The molecule has 8 nitrogen and oxygen atoms in total. The first-order valence-electron chi connectivity index (χ1n) is 12.0. The van der Waals surface area contributed by atoms with Crippen LogP contribution in [0.5, 0.6) is 5.75 Å². The van der Waals surface area contributed by atoms with E-state index < -0.39 is 0 Å². The van der Waals surface area contributed by atoms with Crippen molar-refractivity contribution in [2.24, 2.45) is 0 Å². The van der Waals surface area contributed by atoms with Gasteiger partial charge in [-0.15, -0.1) is 0 Å². The highest BCUT2D eigenvalue weighted by Gasteiger charge is 2.25. The number of nitrogen functional groups attached to an aromatic ring is 1. The highest BCUT2D eigenvalue weighted by atomic mass is 16.5. The summed E-state index contributed by atoms with van der Waals surface area (Å²) < 4.78 is 5.32. The van der Waals surface area contributed by atoms with Gasteiger partial charge >= 0.3 is 6.03 Å². The Morgan fingerprint density at radius 3 is 2.81 bits per heavy atom. The van der Waals surface area contributed by atoms with Crippen LogP contribution in [-0.4, -0.2) is 30.6 Å². The largest absolute Gasteiger partial charge is 0.497 e. The third-order valence-electron chi connectivity index (χ3n) is 6.65. The first kappa shape index (κ1) is 23.3. The summed E-state index contributed by atoms with van der Waals surface area (Å²) in [6.45, 7) is 0.511. The zero-order valence-electron chi connectivity index (χ0n) is 20.1. The van der Waals surface area contributed by atoms with E-state index in [4.69, 9.17) is 10.5 Å². The fourth-order valence-corrected chi connectivity index (χ4v) is 4.73. The Hall–Kier alpha value is -4.46. The number of fused-ring (bicyclic) bond motifs is 2. The van der Waals surface area contributed by atoms with Crippen molar-refractivity contribution in [3.63, 3.8) is 0 Å².